The van der Waals surface area contributed by atoms with E-state index in [0.29, 0.717) is 17.4 Å². The molecule has 0 spiro atoms. The van der Waals surface area contributed by atoms with Crippen molar-refractivity contribution in [2.24, 2.45) is 0 Å². The van der Waals surface area contributed by atoms with Crippen molar-refractivity contribution in [2.45, 2.75) is 90.1 Å². The molecule has 0 aliphatic rings. The van der Waals surface area contributed by atoms with Crippen molar-refractivity contribution < 1.29 is 37.6 Å². The standard InChI is InChI=1S/C24H48NO7P/c1-5-6-7-8-9-10-11-12-13-14-15-16-17-18-24(27)32-23(21-26)22-31-33(28,29)30-20-19-25(2,3)4/h10-11,23,26H,5-9,12-22H2,1-4H3/b11-10+/t23-/m0/s1. The molecule has 196 valence electrons. The number of rotatable bonds is 22. The molecule has 1 unspecified atom stereocenters. The highest BCUT2D eigenvalue weighted by molar-refractivity contribution is 7.45. The molecule has 0 aliphatic heterocycles. The molecule has 0 fully saturated rings. The first-order valence-corrected chi connectivity index (χ1v) is 13.9. The Morgan fingerprint density at radius 2 is 1.55 bits per heavy atom. The molecule has 1 N–H and O–H groups in total. The number of phosphoric ester groups is 1. The summed E-state index contributed by atoms with van der Waals surface area (Å²) in [5.41, 5.74) is 0. The van der Waals surface area contributed by atoms with Crippen LogP contribution in [-0.2, 0) is 23.1 Å². The number of carbonyl (C=O) groups is 1. The monoisotopic (exact) mass is 493 g/mol. The Balaban J connectivity index is 3.81. The quantitative estimate of drug-likeness (QED) is 0.0785. The lowest BCUT2D eigenvalue weighted by molar-refractivity contribution is -0.870. The van der Waals surface area contributed by atoms with E-state index in [9.17, 15) is 19.4 Å². The van der Waals surface area contributed by atoms with Gasteiger partial charge in [-0.2, -0.15) is 0 Å². The summed E-state index contributed by atoms with van der Waals surface area (Å²) < 4.78 is 27.0. The predicted molar refractivity (Wildman–Crippen MR) is 130 cm³/mol. The van der Waals surface area contributed by atoms with Crippen LogP contribution >= 0.6 is 7.82 Å². The van der Waals surface area contributed by atoms with Gasteiger partial charge in [0.05, 0.1) is 34.4 Å². The number of phosphoric acid groups is 1. The number of quaternary nitrogens is 1. The topological polar surface area (TPSA) is 105 Å². The number of ether oxygens (including phenoxy) is 1. The number of hydrogen-bond acceptors (Lipinski definition) is 7. The summed E-state index contributed by atoms with van der Waals surface area (Å²) in [7, 11) is 1.23. The van der Waals surface area contributed by atoms with Gasteiger partial charge in [0.15, 0.2) is 0 Å². The second-order valence-electron chi connectivity index (χ2n) is 9.51. The Labute approximate surface area is 201 Å². The third-order valence-corrected chi connectivity index (χ3v) is 6.04. The highest BCUT2D eigenvalue weighted by atomic mass is 31.2. The number of likely N-dealkylation sites (N-methyl/N-ethyl adjacent to an activating group) is 1. The van der Waals surface area contributed by atoms with E-state index in [4.69, 9.17) is 13.8 Å². The molecule has 0 radical (unpaired) electrons. The fourth-order valence-electron chi connectivity index (χ4n) is 2.99. The first-order chi connectivity index (χ1) is 15.6. The van der Waals surface area contributed by atoms with Crippen LogP contribution in [0, 0.1) is 0 Å². The molecular formula is C24H48NO7P. The van der Waals surface area contributed by atoms with E-state index in [2.05, 4.69) is 19.1 Å². The minimum Gasteiger partial charge on any atom is -0.756 e. The second-order valence-corrected chi connectivity index (χ2v) is 10.9. The van der Waals surface area contributed by atoms with Gasteiger partial charge in [0.25, 0.3) is 7.82 Å². The maximum Gasteiger partial charge on any atom is 0.306 e. The molecule has 0 amide bonds. The molecule has 0 heterocycles. The van der Waals surface area contributed by atoms with Crippen LogP contribution < -0.4 is 4.89 Å². The van der Waals surface area contributed by atoms with Crippen molar-refractivity contribution in [3.8, 4) is 0 Å². The van der Waals surface area contributed by atoms with Gasteiger partial charge in [0, 0.05) is 6.42 Å². The SMILES string of the molecule is CCCCCC/C=C/CCCCCCCC(=O)O[C@@H](CO)COP(=O)([O-])OCC[N+](C)(C)C. The molecule has 0 aromatic heterocycles. The summed E-state index contributed by atoms with van der Waals surface area (Å²) in [5.74, 6) is -0.463. The summed E-state index contributed by atoms with van der Waals surface area (Å²) in [6.45, 7) is 1.73. The van der Waals surface area contributed by atoms with Gasteiger partial charge in [-0.15, -0.1) is 0 Å². The molecule has 8 nitrogen and oxygen atoms in total. The minimum atomic E-state index is -4.51. The van der Waals surface area contributed by atoms with E-state index in [1.165, 1.54) is 32.1 Å². The van der Waals surface area contributed by atoms with Crippen LogP contribution in [0.2, 0.25) is 0 Å². The Morgan fingerprint density at radius 1 is 0.970 bits per heavy atom. The summed E-state index contributed by atoms with van der Waals surface area (Å²) >= 11 is 0. The molecule has 0 aliphatic carbocycles. The predicted octanol–water partition coefficient (Wildman–Crippen LogP) is 4.36. The van der Waals surface area contributed by atoms with Gasteiger partial charge in [-0.05, 0) is 32.1 Å². The van der Waals surface area contributed by atoms with Crippen LogP contribution in [0.4, 0.5) is 0 Å². The number of nitrogens with zero attached hydrogens (tertiary/aromatic N) is 1. The summed E-state index contributed by atoms with van der Waals surface area (Å²) in [4.78, 5) is 23.7. The number of aliphatic hydroxyl groups excluding tert-OH is 1. The zero-order valence-corrected chi connectivity index (χ0v) is 22.2. The van der Waals surface area contributed by atoms with Gasteiger partial charge in [0.2, 0.25) is 0 Å². The summed E-state index contributed by atoms with van der Waals surface area (Å²) in [5, 5.41) is 9.34. The van der Waals surface area contributed by atoms with E-state index in [-0.39, 0.29) is 13.0 Å². The van der Waals surface area contributed by atoms with E-state index in [0.717, 1.165) is 32.1 Å². The maximum atomic E-state index is 11.9. The number of esters is 1. The lowest BCUT2D eigenvalue weighted by Gasteiger charge is -2.28. The smallest absolute Gasteiger partial charge is 0.306 e. The van der Waals surface area contributed by atoms with Gasteiger partial charge in [-0.25, -0.2) is 0 Å². The Morgan fingerprint density at radius 3 is 2.12 bits per heavy atom. The van der Waals surface area contributed by atoms with Crippen LogP contribution in [0.3, 0.4) is 0 Å². The number of aliphatic hydroxyl groups is 1. The van der Waals surface area contributed by atoms with Gasteiger partial charge in [0.1, 0.15) is 19.3 Å². The van der Waals surface area contributed by atoms with Crippen LogP contribution in [-0.4, -0.2) is 69.2 Å². The normalized spacial score (nSPS) is 15.0. The minimum absolute atomic E-state index is 0.0107. The van der Waals surface area contributed by atoms with Crippen LogP contribution in [0.25, 0.3) is 0 Å². The molecule has 2 atom stereocenters. The highest BCUT2D eigenvalue weighted by Gasteiger charge is 2.19. The number of unbranched alkanes of at least 4 members (excludes halogenated alkanes) is 9. The van der Waals surface area contributed by atoms with Crippen LogP contribution in [0.15, 0.2) is 12.2 Å². The van der Waals surface area contributed by atoms with Crippen molar-refractivity contribution >= 4 is 13.8 Å². The largest absolute Gasteiger partial charge is 0.756 e. The first-order valence-electron chi connectivity index (χ1n) is 12.5. The van der Waals surface area contributed by atoms with Gasteiger partial charge in [-0.1, -0.05) is 57.6 Å². The molecule has 0 aromatic rings. The zero-order chi connectivity index (χ0) is 25.0. The van der Waals surface area contributed by atoms with Crippen LogP contribution in [0.5, 0.6) is 0 Å². The van der Waals surface area contributed by atoms with Gasteiger partial charge in [-0.3, -0.25) is 9.36 Å². The second kappa shape index (κ2) is 19.5. The van der Waals surface area contributed by atoms with Crippen molar-refractivity contribution in [1.82, 2.24) is 0 Å². The molecule has 33 heavy (non-hydrogen) atoms. The van der Waals surface area contributed by atoms with Crippen molar-refractivity contribution in [1.29, 1.82) is 0 Å². The Kier molecular flexibility index (Phi) is 19.1. The average molecular weight is 494 g/mol. The summed E-state index contributed by atoms with van der Waals surface area (Å²) in [6.07, 6.45) is 16.3. The molecule has 0 rings (SSSR count). The van der Waals surface area contributed by atoms with E-state index < -0.39 is 33.1 Å². The number of allylic oxidation sites excluding steroid dienone is 2. The zero-order valence-electron chi connectivity index (χ0n) is 21.3. The lowest BCUT2D eigenvalue weighted by Crippen LogP contribution is -2.37. The molecule has 0 saturated carbocycles. The van der Waals surface area contributed by atoms with E-state index in [1.54, 1.807) is 0 Å². The van der Waals surface area contributed by atoms with E-state index in [1.807, 2.05) is 21.1 Å². The first kappa shape index (κ1) is 32.2. The molecule has 9 heteroatoms. The fraction of sp³-hybridized carbons (Fsp3) is 0.875. The fourth-order valence-corrected chi connectivity index (χ4v) is 3.72. The molecule has 0 aromatic carbocycles. The highest BCUT2D eigenvalue weighted by Crippen LogP contribution is 2.38. The van der Waals surface area contributed by atoms with Gasteiger partial charge >= 0.3 is 5.97 Å². The summed E-state index contributed by atoms with van der Waals surface area (Å²) in [6, 6.07) is 0. The van der Waals surface area contributed by atoms with E-state index >= 15 is 0 Å². The molecular weight excluding hydrogens is 445 g/mol. The maximum absolute atomic E-state index is 11.9. The average Bonchev–Trinajstić information content (AvgIpc) is 2.73. The Bertz CT molecular complexity index is 564. The molecule has 0 saturated heterocycles. The van der Waals surface area contributed by atoms with Crippen molar-refractivity contribution in [2.75, 3.05) is 47.5 Å². The number of hydrogen-bond donors (Lipinski definition) is 1. The third-order valence-electron chi connectivity index (χ3n) is 5.07. The lowest BCUT2D eigenvalue weighted by atomic mass is 10.1. The number of carbonyl (C=O) groups excluding carboxylic acids is 1. The van der Waals surface area contributed by atoms with Gasteiger partial charge < -0.3 is 28.3 Å². The third kappa shape index (κ3) is 22.8. The Hall–Kier alpha value is -0.760. The van der Waals surface area contributed by atoms with Crippen molar-refractivity contribution in [3.63, 3.8) is 0 Å². The van der Waals surface area contributed by atoms with Crippen molar-refractivity contribution in [3.05, 3.63) is 12.2 Å². The van der Waals surface area contributed by atoms with Crippen LogP contribution in [0.1, 0.15) is 84.0 Å². The molecule has 0 bridgehead atoms.